The fraction of sp³-hybridized carbons (Fsp3) is 0.206. The van der Waals surface area contributed by atoms with Gasteiger partial charge in [-0.2, -0.15) is 4.58 Å². The van der Waals surface area contributed by atoms with Crippen molar-refractivity contribution in [3.8, 4) is 0 Å². The van der Waals surface area contributed by atoms with Gasteiger partial charge in [0.1, 0.15) is 22.8 Å². The fourth-order valence-electron chi connectivity index (χ4n) is 10.1. The van der Waals surface area contributed by atoms with E-state index in [1.807, 2.05) is 97.1 Å². The number of ketones is 1. The molecule has 0 atom stereocenters. The Bertz CT molecular complexity index is 3790. The first-order valence-corrected chi connectivity index (χ1v) is 27.4. The maximum atomic E-state index is 13.3. The number of aliphatic hydroxyl groups excluding tert-OH is 1. The fourth-order valence-corrected chi connectivity index (χ4v) is 10.1. The number of benzene rings is 5. The van der Waals surface area contributed by atoms with Crippen molar-refractivity contribution < 1.29 is 34.0 Å². The van der Waals surface area contributed by atoms with Gasteiger partial charge < -0.3 is 31.1 Å². The average molecular weight is 1090 g/mol. The van der Waals surface area contributed by atoms with Crippen molar-refractivity contribution in [1.82, 2.24) is 25.9 Å². The summed E-state index contributed by atoms with van der Waals surface area (Å²) in [7, 11) is 0. The summed E-state index contributed by atoms with van der Waals surface area (Å²) in [4.78, 5) is 66.2. The molecule has 5 aromatic carbocycles. The zero-order chi connectivity index (χ0) is 58.2. The number of aliphatic hydroxyl groups is 1. The maximum absolute atomic E-state index is 13.3. The standard InChI is InChI=1S/C38H40N2O2.C30H26N6O4/c1-23(2)39(33-19-9-25(5)21-27(33)7)31-15-11-29(12-16-31)35-37(41)36(38(35)42)30-13-17-32(18-14-30)40(24(3)4)34-20-10-26(6)22-28(34)8;37-27-23-3-1-4-24(35-23)28(38)32-16-20-9-13-22(14-10-20)18-34-30(40)26-6-2-5-25(36-26)29(39)33-17-21-11-7-19(8-12-21)15-31-27/h9-24H,1-8H3;1-14H,15-18H2,(H,31,37)(H,32,38)(H,33,39)(H,34,40). The summed E-state index contributed by atoms with van der Waals surface area (Å²) in [6.45, 7) is 18.1. The Hall–Kier alpha value is -9.82. The molecule has 6 heterocycles. The molecule has 0 saturated heterocycles. The molecule has 8 bridgehead atoms. The lowest BCUT2D eigenvalue weighted by Gasteiger charge is -2.31. The number of hydrogen-bond donors (Lipinski definition) is 4. The Morgan fingerprint density at radius 2 is 1.02 bits per heavy atom. The molecule has 14 heteroatoms. The molecule has 14 nitrogen and oxygen atoms in total. The van der Waals surface area contributed by atoms with E-state index < -0.39 is 23.6 Å². The van der Waals surface area contributed by atoms with Crippen LogP contribution in [0.15, 0.2) is 192 Å². The molecule has 2 aliphatic carbocycles. The van der Waals surface area contributed by atoms with Crippen LogP contribution in [0.4, 0.5) is 17.1 Å². The first kappa shape index (κ1) is 56.9. The number of rotatable bonds is 6. The minimum Gasteiger partial charge on any atom is -0.857 e. The third kappa shape index (κ3) is 13.1. The number of aliphatic imine (C=N–C) groups is 1. The van der Waals surface area contributed by atoms with E-state index in [0.717, 1.165) is 56.2 Å². The number of allylic oxidation sites excluding steroid dienone is 7. The molecular weight excluding hydrogens is 1020 g/mol. The highest BCUT2D eigenvalue weighted by atomic mass is 16.3. The molecule has 0 unspecified atom stereocenters. The van der Waals surface area contributed by atoms with Crippen LogP contribution < -0.4 is 26.0 Å². The smallest absolute Gasteiger partial charge is 0.270 e. The SMILES string of the molecule is Cc1ccc(N(c2ccc(C3=C(O)C(=C4C=CC(=[N+](c5ccc(C)cc5C)C(C)C)C=C4)C3=O)cc2)C(C)C)c(C)c1.O=C1NCc2ccc(cc2)CN=C([O-])c2cccc(n2)C(=O)NCc2ccc(cc2)CNC(=O)c2cccc1n2. The summed E-state index contributed by atoms with van der Waals surface area (Å²) in [6, 6.07) is 45.4. The van der Waals surface area contributed by atoms with Crippen molar-refractivity contribution >= 4 is 57.7 Å². The van der Waals surface area contributed by atoms with Gasteiger partial charge in [-0.1, -0.05) is 102 Å². The lowest BCUT2D eigenvalue weighted by atomic mass is 9.80. The molecule has 0 fully saturated rings. The van der Waals surface area contributed by atoms with Gasteiger partial charge in [-0.05, 0) is 155 Å². The molecular formula is C68H66N8O6. The molecule has 7 aromatic rings. The van der Waals surface area contributed by atoms with E-state index in [2.05, 4.69) is 132 Å². The van der Waals surface area contributed by atoms with Crippen LogP contribution in [0.5, 0.6) is 0 Å². The van der Waals surface area contributed by atoms with Crippen molar-refractivity contribution in [3.63, 3.8) is 0 Å². The maximum Gasteiger partial charge on any atom is 0.270 e. The molecule has 2 aromatic heterocycles. The zero-order valence-corrected chi connectivity index (χ0v) is 47.4. The Morgan fingerprint density at radius 3 is 1.50 bits per heavy atom. The lowest BCUT2D eigenvalue weighted by Crippen LogP contribution is -2.27. The number of aromatic nitrogens is 2. The minimum atomic E-state index is -0.523. The van der Waals surface area contributed by atoms with Crippen molar-refractivity contribution in [3.05, 3.63) is 260 Å². The summed E-state index contributed by atoms with van der Waals surface area (Å²) in [5.41, 5.74) is 15.3. The highest BCUT2D eigenvalue weighted by molar-refractivity contribution is 6.39. The average Bonchev–Trinajstić information content (AvgIpc) is 2.37. The van der Waals surface area contributed by atoms with E-state index in [1.54, 1.807) is 24.3 Å². The molecule has 82 heavy (non-hydrogen) atoms. The molecule has 0 spiro atoms. The zero-order valence-electron chi connectivity index (χ0n) is 47.4. The van der Waals surface area contributed by atoms with Crippen LogP contribution in [-0.4, -0.2) is 66.8 Å². The number of nitrogens with one attached hydrogen (secondary N) is 3. The molecule has 0 saturated carbocycles. The van der Waals surface area contributed by atoms with Crippen molar-refractivity contribution in [2.45, 2.75) is 93.7 Å². The molecule has 6 aliphatic rings. The Kier molecular flexibility index (Phi) is 17.4. The van der Waals surface area contributed by atoms with Gasteiger partial charge in [0, 0.05) is 66.7 Å². The number of carbonyl (C=O) groups is 4. The highest BCUT2D eigenvalue weighted by Crippen LogP contribution is 2.40. The highest BCUT2D eigenvalue weighted by Gasteiger charge is 2.37. The predicted octanol–water partition coefficient (Wildman–Crippen LogP) is 10.8. The third-order valence-electron chi connectivity index (χ3n) is 14.3. The van der Waals surface area contributed by atoms with Gasteiger partial charge in [0.2, 0.25) is 17.2 Å². The van der Waals surface area contributed by atoms with Gasteiger partial charge in [0.15, 0.2) is 6.04 Å². The number of carbonyl (C=O) groups excluding carboxylic acids is 4. The van der Waals surface area contributed by atoms with Gasteiger partial charge in [-0.15, -0.1) is 0 Å². The first-order valence-electron chi connectivity index (χ1n) is 27.4. The van der Waals surface area contributed by atoms with Gasteiger partial charge in [0.25, 0.3) is 17.7 Å². The normalized spacial score (nSPS) is 14.7. The largest absolute Gasteiger partial charge is 0.857 e. The van der Waals surface area contributed by atoms with Crippen LogP contribution in [0.3, 0.4) is 0 Å². The lowest BCUT2D eigenvalue weighted by molar-refractivity contribution is -0.474. The minimum absolute atomic E-state index is 0.0608. The van der Waals surface area contributed by atoms with Crippen LogP contribution >= 0.6 is 0 Å². The van der Waals surface area contributed by atoms with Crippen LogP contribution in [0.1, 0.15) is 115 Å². The number of hydrogen-bond acceptors (Lipinski definition) is 10. The topological polar surface area (TPSA) is 192 Å². The predicted molar refractivity (Wildman–Crippen MR) is 321 cm³/mol. The summed E-state index contributed by atoms with van der Waals surface area (Å²) >= 11 is 0. The van der Waals surface area contributed by atoms with Gasteiger partial charge >= 0.3 is 0 Å². The van der Waals surface area contributed by atoms with Crippen molar-refractivity contribution in [2.75, 3.05) is 4.90 Å². The molecule has 4 N–H and O–H groups in total. The molecule has 13 rings (SSSR count). The molecule has 3 amide bonds. The van der Waals surface area contributed by atoms with E-state index in [0.29, 0.717) is 11.1 Å². The van der Waals surface area contributed by atoms with Crippen molar-refractivity contribution in [2.24, 2.45) is 4.99 Å². The molecule has 4 aliphatic heterocycles. The Balaban J connectivity index is 0.000000198. The quantitative estimate of drug-likeness (QED) is 0.0927. The Labute approximate surface area is 478 Å². The monoisotopic (exact) mass is 1090 g/mol. The van der Waals surface area contributed by atoms with Crippen molar-refractivity contribution in [1.29, 1.82) is 0 Å². The second-order valence-corrected chi connectivity index (χ2v) is 21.1. The van der Waals surface area contributed by atoms with Gasteiger partial charge in [-0.25, -0.2) is 9.97 Å². The second-order valence-electron chi connectivity index (χ2n) is 21.1. The summed E-state index contributed by atoms with van der Waals surface area (Å²) in [5.74, 6) is -1.81. The number of aryl methyl sites for hydroxylation is 4. The van der Waals surface area contributed by atoms with Crippen LogP contribution in [0.2, 0.25) is 0 Å². The van der Waals surface area contributed by atoms with Crippen LogP contribution in [0, 0.1) is 27.7 Å². The van der Waals surface area contributed by atoms with E-state index in [4.69, 9.17) is 0 Å². The molecule has 0 radical (unpaired) electrons. The number of pyridine rings is 2. The summed E-state index contributed by atoms with van der Waals surface area (Å²) in [5, 5.41) is 32.1. The molecule has 414 valence electrons. The van der Waals surface area contributed by atoms with Crippen LogP contribution in [-0.2, 0) is 31.0 Å². The number of amides is 3. The van der Waals surface area contributed by atoms with E-state index in [9.17, 15) is 29.4 Å². The first-order chi connectivity index (χ1) is 39.4. The van der Waals surface area contributed by atoms with E-state index in [1.165, 1.54) is 34.4 Å². The van der Waals surface area contributed by atoms with Gasteiger partial charge in [0.05, 0.1) is 23.4 Å². The number of nitrogens with zero attached hydrogens (tertiary/aromatic N) is 5. The van der Waals surface area contributed by atoms with E-state index in [-0.39, 0.29) is 72.6 Å². The third-order valence-corrected chi connectivity index (χ3v) is 14.3. The second kappa shape index (κ2) is 25.1. The Morgan fingerprint density at radius 1 is 0.549 bits per heavy atom. The van der Waals surface area contributed by atoms with Crippen LogP contribution in [0.25, 0.3) is 5.57 Å². The number of anilines is 2. The summed E-state index contributed by atoms with van der Waals surface area (Å²) < 4.78 is 2.30. The number of Topliss-reactive ketones (excluding diaryl/α,β-unsaturated/α-hetero) is 1. The summed E-state index contributed by atoms with van der Waals surface area (Å²) in [6.07, 6.45) is 7.93. The van der Waals surface area contributed by atoms with Gasteiger partial charge in [-0.3, -0.25) is 24.2 Å². The van der Waals surface area contributed by atoms with E-state index >= 15 is 0 Å².